The monoisotopic (exact) mass is 312 g/mol. The summed E-state index contributed by atoms with van der Waals surface area (Å²) in [5, 5.41) is 17.8. The van der Waals surface area contributed by atoms with Crippen LogP contribution in [0.2, 0.25) is 0 Å². The number of rotatable bonds is 3. The van der Waals surface area contributed by atoms with Crippen molar-refractivity contribution in [1.29, 1.82) is 0 Å². The first-order valence-corrected chi connectivity index (χ1v) is 8.14. The van der Waals surface area contributed by atoms with E-state index in [1.54, 1.807) is 0 Å². The normalized spacial score (nSPS) is 18.3. The summed E-state index contributed by atoms with van der Waals surface area (Å²) in [4.78, 5) is 12.4. The number of aryl methyl sites for hydroxylation is 1. The summed E-state index contributed by atoms with van der Waals surface area (Å²) >= 11 is 0. The van der Waals surface area contributed by atoms with Crippen LogP contribution in [0.1, 0.15) is 36.2 Å². The minimum Gasteiger partial charge on any atom is -0.465 e. The molecule has 6 nitrogen and oxygen atoms in total. The molecule has 1 fully saturated rings. The molecule has 3 heterocycles. The maximum absolute atomic E-state index is 11.0. The standard InChI is InChI=1S/C17H20N4O2/c1-11-14(13-4-7-20(8-5-13)17(22)23)6-9-21-15(10-12-2-3-12)18-19-16(11)21/h4,6,9,12H,2-3,5,7-8,10H2,1H3,(H,22,23). The molecule has 1 aliphatic carbocycles. The molecular formula is C17H20N4O2. The van der Waals surface area contributed by atoms with E-state index in [0.717, 1.165) is 41.4 Å². The molecule has 0 spiro atoms. The zero-order valence-corrected chi connectivity index (χ0v) is 13.2. The molecule has 1 amide bonds. The molecule has 23 heavy (non-hydrogen) atoms. The lowest BCUT2D eigenvalue weighted by Gasteiger charge is -2.24. The van der Waals surface area contributed by atoms with E-state index in [0.29, 0.717) is 13.1 Å². The number of amides is 1. The number of hydrogen-bond donors (Lipinski definition) is 1. The van der Waals surface area contributed by atoms with Gasteiger partial charge in [0.1, 0.15) is 5.82 Å². The summed E-state index contributed by atoms with van der Waals surface area (Å²) in [7, 11) is 0. The lowest BCUT2D eigenvalue weighted by atomic mass is 9.97. The van der Waals surface area contributed by atoms with Crippen molar-refractivity contribution < 1.29 is 9.90 Å². The highest BCUT2D eigenvalue weighted by Crippen LogP contribution is 2.33. The maximum atomic E-state index is 11.0. The second kappa shape index (κ2) is 5.37. The number of hydrogen-bond acceptors (Lipinski definition) is 3. The number of aromatic nitrogens is 3. The van der Waals surface area contributed by atoms with Gasteiger partial charge >= 0.3 is 6.09 Å². The molecule has 0 aromatic carbocycles. The van der Waals surface area contributed by atoms with Gasteiger partial charge in [0.05, 0.1) is 0 Å². The van der Waals surface area contributed by atoms with Crippen LogP contribution in [0.25, 0.3) is 11.2 Å². The van der Waals surface area contributed by atoms with Crippen molar-refractivity contribution in [2.24, 2.45) is 5.92 Å². The van der Waals surface area contributed by atoms with Crippen molar-refractivity contribution in [2.45, 2.75) is 32.6 Å². The van der Waals surface area contributed by atoms with Crippen LogP contribution < -0.4 is 0 Å². The van der Waals surface area contributed by atoms with E-state index in [1.807, 2.05) is 6.08 Å². The number of carboxylic acid groups (broad SMARTS) is 1. The van der Waals surface area contributed by atoms with E-state index in [9.17, 15) is 4.79 Å². The van der Waals surface area contributed by atoms with Crippen LogP contribution >= 0.6 is 0 Å². The molecule has 0 radical (unpaired) electrons. The van der Waals surface area contributed by atoms with E-state index < -0.39 is 6.09 Å². The van der Waals surface area contributed by atoms with Gasteiger partial charge in [0.25, 0.3) is 0 Å². The summed E-state index contributed by atoms with van der Waals surface area (Å²) in [6.45, 7) is 3.07. The Morgan fingerprint density at radius 1 is 1.39 bits per heavy atom. The Kier molecular flexibility index (Phi) is 3.32. The third-order valence-electron chi connectivity index (χ3n) is 4.89. The molecule has 120 valence electrons. The van der Waals surface area contributed by atoms with Gasteiger partial charge < -0.3 is 10.0 Å². The molecule has 1 aliphatic heterocycles. The van der Waals surface area contributed by atoms with Gasteiger partial charge in [0.15, 0.2) is 5.65 Å². The lowest BCUT2D eigenvalue weighted by Crippen LogP contribution is -2.33. The van der Waals surface area contributed by atoms with Gasteiger partial charge in [-0.2, -0.15) is 0 Å². The number of nitrogens with zero attached hydrogens (tertiary/aromatic N) is 4. The number of pyridine rings is 1. The fraction of sp³-hybridized carbons (Fsp3) is 0.471. The third-order valence-corrected chi connectivity index (χ3v) is 4.89. The van der Waals surface area contributed by atoms with Gasteiger partial charge in [-0.15, -0.1) is 10.2 Å². The Morgan fingerprint density at radius 3 is 2.87 bits per heavy atom. The molecule has 2 aromatic rings. The van der Waals surface area contributed by atoms with Crippen molar-refractivity contribution in [1.82, 2.24) is 19.5 Å². The predicted octanol–water partition coefficient (Wildman–Crippen LogP) is 2.76. The summed E-state index contributed by atoms with van der Waals surface area (Å²) in [5.41, 5.74) is 4.40. The topological polar surface area (TPSA) is 70.7 Å². The molecule has 2 aromatic heterocycles. The Labute approximate surface area is 134 Å². The lowest BCUT2D eigenvalue weighted by molar-refractivity contribution is 0.150. The number of fused-ring (bicyclic) bond motifs is 1. The molecule has 6 heteroatoms. The first-order chi connectivity index (χ1) is 11.1. The van der Waals surface area contributed by atoms with Crippen LogP contribution in [-0.4, -0.2) is 43.8 Å². The van der Waals surface area contributed by atoms with Gasteiger partial charge in [-0.05, 0) is 49.3 Å². The fourth-order valence-electron chi connectivity index (χ4n) is 3.29. The van der Waals surface area contributed by atoms with Gasteiger partial charge in [-0.3, -0.25) is 4.40 Å². The van der Waals surface area contributed by atoms with Crippen LogP contribution in [0.4, 0.5) is 4.79 Å². The van der Waals surface area contributed by atoms with Gasteiger partial charge in [0.2, 0.25) is 0 Å². The van der Waals surface area contributed by atoms with E-state index >= 15 is 0 Å². The summed E-state index contributed by atoms with van der Waals surface area (Å²) in [6, 6.07) is 2.12. The average Bonchev–Trinajstić information content (AvgIpc) is 3.27. The molecule has 0 atom stereocenters. The first-order valence-electron chi connectivity index (χ1n) is 8.14. The SMILES string of the molecule is Cc1c(C2=CCN(C(=O)O)CC2)ccn2c(CC3CC3)nnc12. The van der Waals surface area contributed by atoms with E-state index in [-0.39, 0.29) is 0 Å². The summed E-state index contributed by atoms with van der Waals surface area (Å²) < 4.78 is 2.10. The minimum atomic E-state index is -0.852. The van der Waals surface area contributed by atoms with Crippen LogP contribution in [0.5, 0.6) is 0 Å². The van der Waals surface area contributed by atoms with Gasteiger partial charge in [-0.1, -0.05) is 6.08 Å². The molecule has 1 N–H and O–H groups in total. The number of carbonyl (C=O) groups is 1. The van der Waals surface area contributed by atoms with Crippen LogP contribution in [-0.2, 0) is 6.42 Å². The van der Waals surface area contributed by atoms with Crippen molar-refractivity contribution in [3.05, 3.63) is 35.3 Å². The van der Waals surface area contributed by atoms with Crippen molar-refractivity contribution in [2.75, 3.05) is 13.1 Å². The quantitative estimate of drug-likeness (QED) is 0.946. The zero-order chi connectivity index (χ0) is 16.0. The predicted molar refractivity (Wildman–Crippen MR) is 86.3 cm³/mol. The first kappa shape index (κ1) is 14.2. The highest BCUT2D eigenvalue weighted by molar-refractivity contribution is 5.75. The highest BCUT2D eigenvalue weighted by Gasteiger charge is 2.25. The second-order valence-electron chi connectivity index (χ2n) is 6.52. The highest BCUT2D eigenvalue weighted by atomic mass is 16.4. The van der Waals surface area contributed by atoms with Crippen LogP contribution in [0, 0.1) is 12.8 Å². The molecule has 1 saturated carbocycles. The Morgan fingerprint density at radius 2 is 2.22 bits per heavy atom. The third kappa shape index (κ3) is 2.58. The van der Waals surface area contributed by atoms with Crippen LogP contribution in [0.3, 0.4) is 0 Å². The molecule has 0 bridgehead atoms. The second-order valence-corrected chi connectivity index (χ2v) is 6.52. The zero-order valence-electron chi connectivity index (χ0n) is 13.2. The molecule has 2 aliphatic rings. The van der Waals surface area contributed by atoms with Gasteiger partial charge in [0, 0.05) is 31.3 Å². The fourth-order valence-corrected chi connectivity index (χ4v) is 3.29. The minimum absolute atomic E-state index is 0.453. The van der Waals surface area contributed by atoms with Gasteiger partial charge in [-0.25, -0.2) is 4.79 Å². The summed E-state index contributed by atoms with van der Waals surface area (Å²) in [5.74, 6) is 1.83. The van der Waals surface area contributed by atoms with Crippen LogP contribution in [0.15, 0.2) is 18.3 Å². The Hall–Kier alpha value is -2.37. The van der Waals surface area contributed by atoms with Crippen molar-refractivity contribution >= 4 is 17.3 Å². The van der Waals surface area contributed by atoms with E-state index in [2.05, 4.69) is 33.8 Å². The molecule has 0 unspecified atom stereocenters. The van der Waals surface area contributed by atoms with Crippen molar-refractivity contribution in [3.63, 3.8) is 0 Å². The Balaban J connectivity index is 1.66. The van der Waals surface area contributed by atoms with E-state index in [4.69, 9.17) is 5.11 Å². The maximum Gasteiger partial charge on any atom is 0.407 e. The molecular weight excluding hydrogens is 292 g/mol. The van der Waals surface area contributed by atoms with Crippen molar-refractivity contribution in [3.8, 4) is 0 Å². The summed E-state index contributed by atoms with van der Waals surface area (Å²) in [6.07, 6.45) is 7.58. The largest absolute Gasteiger partial charge is 0.465 e. The smallest absolute Gasteiger partial charge is 0.407 e. The Bertz CT molecular complexity index is 804. The average molecular weight is 312 g/mol. The molecule has 0 saturated heterocycles. The van der Waals surface area contributed by atoms with E-state index in [1.165, 1.54) is 23.3 Å². The molecule has 4 rings (SSSR count).